The molecule has 17 heavy (non-hydrogen) atoms. The van der Waals surface area contributed by atoms with E-state index in [1.807, 2.05) is 12.1 Å². The first-order valence-corrected chi connectivity index (χ1v) is 6.54. The number of para-hydroxylation sites is 1. The zero-order chi connectivity index (χ0) is 12.3. The van der Waals surface area contributed by atoms with Crippen LogP contribution in [0, 0.1) is 0 Å². The van der Waals surface area contributed by atoms with Crippen LogP contribution < -0.4 is 4.74 Å². The van der Waals surface area contributed by atoms with Crippen LogP contribution in [0.5, 0.6) is 5.75 Å². The molecule has 0 fully saturated rings. The second-order valence-corrected chi connectivity index (χ2v) is 5.55. The lowest BCUT2D eigenvalue weighted by molar-refractivity contribution is 0.111. The molecule has 0 aliphatic heterocycles. The third-order valence-corrected chi connectivity index (χ3v) is 3.80. The SMILES string of the molecule is OC(COc1ccccc1Cl)c1ccc(Cl)s1. The Morgan fingerprint density at radius 3 is 2.59 bits per heavy atom. The first-order chi connectivity index (χ1) is 8.16. The molecule has 0 radical (unpaired) electrons. The largest absolute Gasteiger partial charge is 0.489 e. The molecule has 1 N–H and O–H groups in total. The number of aliphatic hydroxyl groups is 1. The van der Waals surface area contributed by atoms with Gasteiger partial charge in [0, 0.05) is 4.88 Å². The van der Waals surface area contributed by atoms with E-state index in [1.165, 1.54) is 11.3 Å². The number of hydrogen-bond donors (Lipinski definition) is 1. The molecule has 1 unspecified atom stereocenters. The smallest absolute Gasteiger partial charge is 0.138 e. The van der Waals surface area contributed by atoms with Crippen LogP contribution in [0.15, 0.2) is 36.4 Å². The van der Waals surface area contributed by atoms with Gasteiger partial charge in [0.1, 0.15) is 18.5 Å². The Hall–Kier alpha value is -0.740. The maximum absolute atomic E-state index is 9.87. The van der Waals surface area contributed by atoms with E-state index in [2.05, 4.69) is 0 Å². The summed E-state index contributed by atoms with van der Waals surface area (Å²) >= 11 is 13.1. The fourth-order valence-electron chi connectivity index (χ4n) is 1.32. The molecule has 2 nitrogen and oxygen atoms in total. The van der Waals surface area contributed by atoms with Crippen LogP contribution in [0.3, 0.4) is 0 Å². The number of thiophene rings is 1. The predicted octanol–water partition coefficient (Wildman–Crippen LogP) is 4.17. The second kappa shape index (κ2) is 5.74. The van der Waals surface area contributed by atoms with Gasteiger partial charge in [0.15, 0.2) is 0 Å². The quantitative estimate of drug-likeness (QED) is 0.915. The van der Waals surface area contributed by atoms with Crippen LogP contribution in [0.25, 0.3) is 0 Å². The fraction of sp³-hybridized carbons (Fsp3) is 0.167. The number of rotatable bonds is 4. The average Bonchev–Trinajstić information content (AvgIpc) is 2.74. The van der Waals surface area contributed by atoms with E-state index in [9.17, 15) is 5.11 Å². The monoisotopic (exact) mass is 288 g/mol. The molecule has 0 bridgehead atoms. The van der Waals surface area contributed by atoms with Gasteiger partial charge in [0.05, 0.1) is 9.36 Å². The third-order valence-electron chi connectivity index (χ3n) is 2.16. The van der Waals surface area contributed by atoms with Crippen LogP contribution in [-0.2, 0) is 0 Å². The minimum atomic E-state index is -0.691. The van der Waals surface area contributed by atoms with Crippen LogP contribution in [-0.4, -0.2) is 11.7 Å². The molecule has 2 rings (SSSR count). The van der Waals surface area contributed by atoms with Crippen molar-refractivity contribution in [3.8, 4) is 5.75 Å². The van der Waals surface area contributed by atoms with Gasteiger partial charge in [0.2, 0.25) is 0 Å². The van der Waals surface area contributed by atoms with E-state index in [0.717, 1.165) is 4.88 Å². The standard InChI is InChI=1S/C12H10Cl2O2S/c13-8-3-1-2-4-10(8)16-7-9(15)11-5-6-12(14)17-11/h1-6,9,15H,7H2. The Labute approximate surface area is 113 Å². The predicted molar refractivity (Wildman–Crippen MR) is 71.2 cm³/mol. The highest BCUT2D eigenvalue weighted by molar-refractivity contribution is 7.16. The summed E-state index contributed by atoms with van der Waals surface area (Å²) in [6.07, 6.45) is -0.691. The zero-order valence-electron chi connectivity index (χ0n) is 8.77. The van der Waals surface area contributed by atoms with Gasteiger partial charge in [-0.25, -0.2) is 0 Å². The molecule has 0 spiro atoms. The summed E-state index contributed by atoms with van der Waals surface area (Å²) in [4.78, 5) is 0.780. The molecule has 2 aromatic rings. The molecule has 1 heterocycles. The van der Waals surface area contributed by atoms with E-state index < -0.39 is 6.10 Å². The van der Waals surface area contributed by atoms with Gasteiger partial charge in [0.25, 0.3) is 0 Å². The van der Waals surface area contributed by atoms with Crippen molar-refractivity contribution in [2.75, 3.05) is 6.61 Å². The number of halogens is 2. The van der Waals surface area contributed by atoms with E-state index in [1.54, 1.807) is 24.3 Å². The Morgan fingerprint density at radius 1 is 1.18 bits per heavy atom. The summed E-state index contributed by atoms with van der Waals surface area (Å²) in [6, 6.07) is 10.7. The van der Waals surface area contributed by atoms with Gasteiger partial charge in [-0.05, 0) is 24.3 Å². The van der Waals surface area contributed by atoms with E-state index in [-0.39, 0.29) is 6.61 Å². The summed E-state index contributed by atoms with van der Waals surface area (Å²) in [5.74, 6) is 0.566. The van der Waals surface area contributed by atoms with Gasteiger partial charge >= 0.3 is 0 Å². The lowest BCUT2D eigenvalue weighted by Crippen LogP contribution is -2.08. The fourth-order valence-corrected chi connectivity index (χ4v) is 2.54. The highest BCUT2D eigenvalue weighted by atomic mass is 35.5. The molecular formula is C12H10Cl2O2S. The van der Waals surface area contributed by atoms with Gasteiger partial charge in [-0.2, -0.15) is 0 Å². The van der Waals surface area contributed by atoms with Crippen LogP contribution in [0.2, 0.25) is 9.36 Å². The summed E-state index contributed by atoms with van der Waals surface area (Å²) in [5, 5.41) is 10.4. The number of aliphatic hydroxyl groups excluding tert-OH is 1. The van der Waals surface area contributed by atoms with Gasteiger partial charge in [-0.15, -0.1) is 11.3 Å². The molecule has 0 aliphatic rings. The average molecular weight is 289 g/mol. The van der Waals surface area contributed by atoms with E-state index >= 15 is 0 Å². The van der Waals surface area contributed by atoms with Crippen LogP contribution in [0.4, 0.5) is 0 Å². The Kier molecular flexibility index (Phi) is 4.29. The van der Waals surface area contributed by atoms with Crippen LogP contribution in [0.1, 0.15) is 11.0 Å². The van der Waals surface area contributed by atoms with Gasteiger partial charge in [-0.3, -0.25) is 0 Å². The maximum Gasteiger partial charge on any atom is 0.138 e. The number of ether oxygens (including phenoxy) is 1. The summed E-state index contributed by atoms with van der Waals surface area (Å²) in [7, 11) is 0. The molecule has 5 heteroatoms. The lowest BCUT2D eigenvalue weighted by atomic mass is 10.3. The molecule has 0 aliphatic carbocycles. The zero-order valence-corrected chi connectivity index (χ0v) is 11.1. The van der Waals surface area contributed by atoms with Crippen LogP contribution >= 0.6 is 34.5 Å². The molecular weight excluding hydrogens is 279 g/mol. The van der Waals surface area contributed by atoms with Crippen molar-refractivity contribution >= 4 is 34.5 Å². The van der Waals surface area contributed by atoms with E-state index in [4.69, 9.17) is 27.9 Å². The Bertz CT molecular complexity index is 499. The van der Waals surface area contributed by atoms with Gasteiger partial charge < -0.3 is 9.84 Å². The Morgan fingerprint density at radius 2 is 1.94 bits per heavy atom. The van der Waals surface area contributed by atoms with E-state index in [0.29, 0.717) is 15.1 Å². The van der Waals surface area contributed by atoms with Gasteiger partial charge in [-0.1, -0.05) is 35.3 Å². The summed E-state index contributed by atoms with van der Waals surface area (Å²) in [6.45, 7) is 0.153. The maximum atomic E-state index is 9.87. The molecule has 90 valence electrons. The highest BCUT2D eigenvalue weighted by Crippen LogP contribution is 2.29. The number of benzene rings is 1. The van der Waals surface area contributed by atoms with Crippen molar-refractivity contribution in [3.05, 3.63) is 50.6 Å². The minimum absolute atomic E-state index is 0.153. The molecule has 1 aromatic heterocycles. The number of hydrogen-bond acceptors (Lipinski definition) is 3. The first-order valence-electron chi connectivity index (χ1n) is 4.97. The topological polar surface area (TPSA) is 29.5 Å². The normalized spacial score (nSPS) is 12.4. The summed E-state index contributed by atoms with van der Waals surface area (Å²) < 4.78 is 6.09. The second-order valence-electron chi connectivity index (χ2n) is 3.40. The summed E-state index contributed by atoms with van der Waals surface area (Å²) in [5.41, 5.74) is 0. The third kappa shape index (κ3) is 3.36. The highest BCUT2D eigenvalue weighted by Gasteiger charge is 2.11. The lowest BCUT2D eigenvalue weighted by Gasteiger charge is -2.11. The van der Waals surface area contributed by atoms with Crippen molar-refractivity contribution in [3.63, 3.8) is 0 Å². The minimum Gasteiger partial charge on any atom is -0.489 e. The first kappa shape index (κ1) is 12.7. The molecule has 0 saturated heterocycles. The Balaban J connectivity index is 1.97. The van der Waals surface area contributed by atoms with Crippen molar-refractivity contribution < 1.29 is 9.84 Å². The van der Waals surface area contributed by atoms with Crippen molar-refractivity contribution in [1.82, 2.24) is 0 Å². The molecule has 0 amide bonds. The molecule has 1 aromatic carbocycles. The molecule has 1 atom stereocenters. The van der Waals surface area contributed by atoms with Crippen molar-refractivity contribution in [2.24, 2.45) is 0 Å². The molecule has 0 saturated carbocycles. The van der Waals surface area contributed by atoms with Crippen molar-refractivity contribution in [1.29, 1.82) is 0 Å². The van der Waals surface area contributed by atoms with Crippen molar-refractivity contribution in [2.45, 2.75) is 6.10 Å².